The third-order valence-electron chi connectivity index (χ3n) is 5.84. The number of hydrogen-bond acceptors (Lipinski definition) is 5. The monoisotopic (exact) mass is 471 g/mol. The first-order valence-electron chi connectivity index (χ1n) is 10.4. The fourth-order valence-corrected chi connectivity index (χ4v) is 7.00. The highest BCUT2D eigenvalue weighted by atomic mass is 32.2. The first-order valence-corrected chi connectivity index (χ1v) is 12.7. The van der Waals surface area contributed by atoms with Gasteiger partial charge >= 0.3 is 0 Å². The van der Waals surface area contributed by atoms with Gasteiger partial charge in [-0.25, -0.2) is 8.42 Å². The Bertz CT molecular complexity index is 1260. The largest absolute Gasteiger partial charge is 0.324 e. The lowest BCUT2D eigenvalue weighted by Crippen LogP contribution is -2.49. The normalized spacial score (nSPS) is 17.2. The summed E-state index contributed by atoms with van der Waals surface area (Å²) in [5.74, 6) is -0.343. The molecule has 1 unspecified atom stereocenters. The van der Waals surface area contributed by atoms with E-state index in [1.54, 1.807) is 36.7 Å². The van der Waals surface area contributed by atoms with Crippen molar-refractivity contribution in [3.63, 3.8) is 0 Å². The predicted octanol–water partition coefficient (Wildman–Crippen LogP) is 3.98. The minimum absolute atomic E-state index is 0.250. The maximum atomic E-state index is 13.3. The average Bonchev–Trinajstić information content (AvgIpc) is 3.35. The number of benzene rings is 2. The average molecular weight is 472 g/mol. The number of nitrogens with one attached hydrogen (secondary N) is 1. The molecule has 3 aromatic rings. The molecule has 2 aromatic carbocycles. The second-order valence-corrected chi connectivity index (χ2v) is 11.0. The van der Waals surface area contributed by atoms with Gasteiger partial charge in [-0.15, -0.1) is 11.3 Å². The molecule has 1 aliphatic rings. The summed E-state index contributed by atoms with van der Waals surface area (Å²) >= 11 is 1.16. The second-order valence-electron chi connectivity index (χ2n) is 7.89. The fourth-order valence-electron chi connectivity index (χ4n) is 4.22. The van der Waals surface area contributed by atoms with Crippen molar-refractivity contribution in [1.29, 1.82) is 0 Å². The Labute approximate surface area is 191 Å². The molecule has 0 bridgehead atoms. The van der Waals surface area contributed by atoms with Crippen molar-refractivity contribution in [2.45, 2.75) is 36.4 Å². The summed E-state index contributed by atoms with van der Waals surface area (Å²) in [5.41, 5.74) is 2.31. The Morgan fingerprint density at radius 3 is 2.72 bits per heavy atom. The number of aryl methyl sites for hydroxylation is 1. The molecule has 1 fully saturated rings. The molecule has 1 saturated heterocycles. The molecular formula is C23H25N3O4S2. The Kier molecular flexibility index (Phi) is 6.32. The van der Waals surface area contributed by atoms with Gasteiger partial charge in [-0.2, -0.15) is 4.31 Å². The van der Waals surface area contributed by atoms with Crippen molar-refractivity contribution in [3.05, 3.63) is 53.4 Å². The van der Waals surface area contributed by atoms with Crippen molar-refractivity contribution in [2.75, 3.05) is 23.8 Å². The minimum Gasteiger partial charge on any atom is -0.324 e. The van der Waals surface area contributed by atoms with Gasteiger partial charge in [0.25, 0.3) is 10.0 Å². The van der Waals surface area contributed by atoms with Gasteiger partial charge in [0.1, 0.15) is 10.3 Å². The van der Waals surface area contributed by atoms with E-state index in [2.05, 4.69) is 5.32 Å². The van der Waals surface area contributed by atoms with Gasteiger partial charge in [-0.05, 0) is 48.9 Å². The second kappa shape index (κ2) is 9.01. The van der Waals surface area contributed by atoms with Crippen LogP contribution in [0.25, 0.3) is 10.8 Å². The molecule has 9 heteroatoms. The number of hydrogen-bond donors (Lipinski definition) is 1. The topological polar surface area (TPSA) is 86.8 Å². The first kappa shape index (κ1) is 22.4. The van der Waals surface area contributed by atoms with Gasteiger partial charge in [0.2, 0.25) is 12.3 Å². The Morgan fingerprint density at radius 2 is 2.00 bits per heavy atom. The van der Waals surface area contributed by atoms with Crippen LogP contribution < -0.4 is 10.2 Å². The Balaban J connectivity index is 1.69. The van der Waals surface area contributed by atoms with Gasteiger partial charge in [0.05, 0.1) is 5.69 Å². The summed E-state index contributed by atoms with van der Waals surface area (Å²) in [6.07, 6.45) is 2.73. The SMILES string of the molecule is Cc1cccc2c(NC(=O)C3CCCCN3S(=O)(=O)c3cccs3)ccc(N(C)C=O)c12. The number of nitrogens with zero attached hydrogens (tertiary/aromatic N) is 2. The molecule has 0 spiro atoms. The van der Waals surface area contributed by atoms with E-state index in [0.29, 0.717) is 18.7 Å². The van der Waals surface area contributed by atoms with E-state index in [1.165, 1.54) is 9.21 Å². The van der Waals surface area contributed by atoms with Crippen LogP contribution in [0.1, 0.15) is 24.8 Å². The molecule has 2 amide bonds. The first-order chi connectivity index (χ1) is 15.3. The van der Waals surface area contributed by atoms with E-state index in [4.69, 9.17) is 0 Å². The Hall–Kier alpha value is -2.75. The van der Waals surface area contributed by atoms with Crippen molar-refractivity contribution >= 4 is 55.8 Å². The third kappa shape index (κ3) is 4.03. The molecule has 2 heterocycles. The molecule has 0 aliphatic carbocycles. The maximum absolute atomic E-state index is 13.3. The number of fused-ring (bicyclic) bond motifs is 1. The minimum atomic E-state index is -3.73. The van der Waals surface area contributed by atoms with E-state index in [9.17, 15) is 18.0 Å². The third-order valence-corrected chi connectivity index (χ3v) is 9.12. The molecule has 1 aliphatic heterocycles. The maximum Gasteiger partial charge on any atom is 0.253 e. The number of rotatable bonds is 6. The number of thiophene rings is 1. The van der Waals surface area contributed by atoms with Crippen LogP contribution in [0, 0.1) is 6.92 Å². The lowest BCUT2D eigenvalue weighted by atomic mass is 10.0. The van der Waals surface area contributed by atoms with E-state index in [1.807, 2.05) is 25.1 Å². The van der Waals surface area contributed by atoms with E-state index in [-0.39, 0.29) is 10.1 Å². The van der Waals surface area contributed by atoms with Crippen LogP contribution in [-0.4, -0.2) is 44.7 Å². The molecule has 168 valence electrons. The number of sulfonamides is 1. The highest BCUT2D eigenvalue weighted by molar-refractivity contribution is 7.91. The Morgan fingerprint density at radius 1 is 1.19 bits per heavy atom. The quantitative estimate of drug-likeness (QED) is 0.551. The van der Waals surface area contributed by atoms with Crippen LogP contribution in [-0.2, 0) is 19.6 Å². The van der Waals surface area contributed by atoms with Crippen molar-refractivity contribution < 1.29 is 18.0 Å². The van der Waals surface area contributed by atoms with Gasteiger partial charge in [-0.1, -0.05) is 30.7 Å². The van der Waals surface area contributed by atoms with Gasteiger partial charge in [0.15, 0.2) is 0 Å². The van der Waals surface area contributed by atoms with Gasteiger partial charge in [0, 0.05) is 30.1 Å². The van der Waals surface area contributed by atoms with Crippen LogP contribution in [0.5, 0.6) is 0 Å². The predicted molar refractivity (Wildman–Crippen MR) is 128 cm³/mol. The number of piperidine rings is 1. The molecule has 32 heavy (non-hydrogen) atoms. The summed E-state index contributed by atoms with van der Waals surface area (Å²) in [7, 11) is -2.05. The lowest BCUT2D eigenvalue weighted by molar-refractivity contribution is -0.120. The summed E-state index contributed by atoms with van der Waals surface area (Å²) in [5, 5.41) is 6.35. The van der Waals surface area contributed by atoms with Crippen LogP contribution in [0.4, 0.5) is 11.4 Å². The summed E-state index contributed by atoms with van der Waals surface area (Å²) in [6.45, 7) is 2.27. The van der Waals surface area contributed by atoms with Gasteiger partial charge < -0.3 is 10.2 Å². The van der Waals surface area contributed by atoms with Gasteiger partial charge in [-0.3, -0.25) is 9.59 Å². The molecule has 1 aromatic heterocycles. The van der Waals surface area contributed by atoms with Crippen LogP contribution >= 0.6 is 11.3 Å². The van der Waals surface area contributed by atoms with E-state index >= 15 is 0 Å². The van der Waals surface area contributed by atoms with Crippen molar-refractivity contribution in [1.82, 2.24) is 4.31 Å². The number of amides is 2. The van der Waals surface area contributed by atoms with Crippen molar-refractivity contribution in [2.24, 2.45) is 0 Å². The highest BCUT2D eigenvalue weighted by Gasteiger charge is 2.38. The molecular weight excluding hydrogens is 446 g/mol. The molecule has 0 radical (unpaired) electrons. The highest BCUT2D eigenvalue weighted by Crippen LogP contribution is 2.35. The van der Waals surface area contributed by atoms with E-state index < -0.39 is 16.1 Å². The van der Waals surface area contributed by atoms with E-state index in [0.717, 1.165) is 52.6 Å². The zero-order chi connectivity index (χ0) is 22.9. The van der Waals surface area contributed by atoms with Crippen LogP contribution in [0.15, 0.2) is 52.1 Å². The smallest absolute Gasteiger partial charge is 0.253 e. The summed E-state index contributed by atoms with van der Waals surface area (Å²) in [6, 6.07) is 11.8. The lowest BCUT2D eigenvalue weighted by Gasteiger charge is -2.33. The summed E-state index contributed by atoms with van der Waals surface area (Å²) < 4.78 is 27.9. The molecule has 7 nitrogen and oxygen atoms in total. The van der Waals surface area contributed by atoms with Crippen LogP contribution in [0.3, 0.4) is 0 Å². The number of carbonyl (C=O) groups is 2. The molecule has 4 rings (SSSR count). The summed E-state index contributed by atoms with van der Waals surface area (Å²) in [4.78, 5) is 26.2. The molecule has 1 N–H and O–H groups in total. The standard InChI is InChI=1S/C23H25N3O4S2/c1-16-7-5-8-17-18(11-12-19(22(16)17)25(2)15-27)24-23(28)20-9-3-4-13-26(20)32(29,30)21-10-6-14-31-21/h5-8,10-12,14-15,20H,3-4,9,13H2,1-2H3,(H,24,28). The number of anilines is 2. The number of carbonyl (C=O) groups excluding carboxylic acids is 2. The van der Waals surface area contributed by atoms with Crippen LogP contribution in [0.2, 0.25) is 0 Å². The van der Waals surface area contributed by atoms with Crippen molar-refractivity contribution in [3.8, 4) is 0 Å². The zero-order valence-electron chi connectivity index (χ0n) is 17.9. The molecule has 0 saturated carbocycles. The fraction of sp³-hybridized carbons (Fsp3) is 0.304. The zero-order valence-corrected chi connectivity index (χ0v) is 19.6. The molecule has 1 atom stereocenters.